The molecule has 3 rings (SSSR count). The fraction of sp³-hybridized carbons (Fsp3) is 0.474. The van der Waals surface area contributed by atoms with Gasteiger partial charge in [-0.3, -0.25) is 4.98 Å². The van der Waals surface area contributed by atoms with Crippen LogP contribution in [0.15, 0.2) is 42.9 Å². The zero-order chi connectivity index (χ0) is 18.0. The molecule has 6 heteroatoms. The Morgan fingerprint density at radius 1 is 1.28 bits per heavy atom. The fourth-order valence-corrected chi connectivity index (χ4v) is 3.58. The summed E-state index contributed by atoms with van der Waals surface area (Å²) in [5, 5.41) is 4.30. The minimum Gasteiger partial charge on any atom is -0.352 e. The molecule has 1 N–H and O–H groups in total. The van der Waals surface area contributed by atoms with Crippen LogP contribution in [0.3, 0.4) is 0 Å². The summed E-state index contributed by atoms with van der Waals surface area (Å²) in [6.07, 6.45) is 6.24. The predicted octanol–water partition coefficient (Wildman–Crippen LogP) is 3.00. The molecule has 2 atom stereocenters. The highest BCUT2D eigenvalue weighted by Crippen LogP contribution is 2.38. The molecule has 5 nitrogen and oxygen atoms in total. The quantitative estimate of drug-likeness (QED) is 0.804. The second-order valence-corrected chi connectivity index (χ2v) is 7.50. The maximum atomic E-state index is 5.67. The number of pyridine rings is 1. The van der Waals surface area contributed by atoms with Crippen LogP contribution in [-0.2, 0) is 0 Å². The number of hydrogen-bond acceptors (Lipinski definition) is 3. The molecular weight excluding hydrogens is 330 g/mol. The van der Waals surface area contributed by atoms with Crippen molar-refractivity contribution in [1.82, 2.24) is 24.7 Å². The van der Waals surface area contributed by atoms with Gasteiger partial charge in [-0.15, -0.1) is 0 Å². The number of hydrogen-bond donors (Lipinski definition) is 1. The van der Waals surface area contributed by atoms with Crippen LogP contribution in [0.2, 0.25) is 0 Å². The van der Waals surface area contributed by atoms with Gasteiger partial charge in [-0.1, -0.05) is 6.07 Å². The van der Waals surface area contributed by atoms with Crippen LogP contribution in [0.25, 0.3) is 0 Å². The Balaban J connectivity index is 1.95. The molecule has 1 aliphatic rings. The molecule has 0 aromatic carbocycles. The van der Waals surface area contributed by atoms with Crippen molar-refractivity contribution in [3.05, 3.63) is 54.1 Å². The maximum absolute atomic E-state index is 5.67. The van der Waals surface area contributed by atoms with E-state index in [0.29, 0.717) is 6.04 Å². The summed E-state index contributed by atoms with van der Waals surface area (Å²) in [6, 6.07) is 8.93. The number of nitrogens with zero attached hydrogens (tertiary/aromatic N) is 4. The lowest BCUT2D eigenvalue weighted by Gasteiger charge is -2.28. The lowest BCUT2D eigenvalue weighted by atomic mass is 9.99. The zero-order valence-electron chi connectivity index (χ0n) is 15.4. The summed E-state index contributed by atoms with van der Waals surface area (Å²) in [5.41, 5.74) is 2.30. The molecule has 0 radical (unpaired) electrons. The van der Waals surface area contributed by atoms with Gasteiger partial charge in [-0.05, 0) is 63.9 Å². The number of aromatic nitrogens is 2. The zero-order valence-corrected chi connectivity index (χ0v) is 16.2. The van der Waals surface area contributed by atoms with E-state index in [9.17, 15) is 0 Å². The van der Waals surface area contributed by atoms with Crippen LogP contribution in [0, 0.1) is 0 Å². The first kappa shape index (κ1) is 17.9. The van der Waals surface area contributed by atoms with Crippen LogP contribution in [0.1, 0.15) is 43.2 Å². The molecule has 2 aromatic heterocycles. The Morgan fingerprint density at radius 3 is 2.68 bits per heavy atom. The Morgan fingerprint density at radius 2 is 2.08 bits per heavy atom. The second kappa shape index (κ2) is 7.54. The van der Waals surface area contributed by atoms with Gasteiger partial charge in [0, 0.05) is 37.7 Å². The van der Waals surface area contributed by atoms with Crippen LogP contribution < -0.4 is 5.32 Å². The second-order valence-electron chi connectivity index (χ2n) is 7.11. The monoisotopic (exact) mass is 357 g/mol. The van der Waals surface area contributed by atoms with E-state index in [1.54, 1.807) is 0 Å². The van der Waals surface area contributed by atoms with Crippen LogP contribution in [0.5, 0.6) is 0 Å². The van der Waals surface area contributed by atoms with Gasteiger partial charge in [-0.2, -0.15) is 0 Å². The summed E-state index contributed by atoms with van der Waals surface area (Å²) in [5.74, 6) is 0. The third-order valence-corrected chi connectivity index (χ3v) is 5.01. The number of thiocarbonyl (C=S) groups is 1. The molecule has 25 heavy (non-hydrogen) atoms. The summed E-state index contributed by atoms with van der Waals surface area (Å²) in [7, 11) is 4.18. The van der Waals surface area contributed by atoms with Gasteiger partial charge in [0.05, 0.1) is 17.8 Å². The van der Waals surface area contributed by atoms with E-state index in [0.717, 1.165) is 23.9 Å². The predicted molar refractivity (Wildman–Crippen MR) is 106 cm³/mol. The number of likely N-dealkylation sites (N-methyl/N-ethyl adjacent to an activating group) is 1. The van der Waals surface area contributed by atoms with E-state index < -0.39 is 0 Å². The largest absolute Gasteiger partial charge is 0.352 e. The minimum absolute atomic E-state index is 0.0684. The SMILES string of the molecule is CC(C)n1ccc([C@@H]2[C@H](c3ccccn3)NC(=S)N2CCN(C)C)c1. The first-order chi connectivity index (χ1) is 12.0. The van der Waals surface area contributed by atoms with E-state index in [1.165, 1.54) is 5.56 Å². The molecule has 0 amide bonds. The van der Waals surface area contributed by atoms with Crippen LogP contribution >= 0.6 is 12.2 Å². The fourth-order valence-electron chi connectivity index (χ4n) is 3.24. The van der Waals surface area contributed by atoms with Gasteiger partial charge >= 0.3 is 0 Å². The van der Waals surface area contributed by atoms with E-state index in [2.05, 4.69) is 77.1 Å². The Hall–Kier alpha value is -1.92. The van der Waals surface area contributed by atoms with Gasteiger partial charge < -0.3 is 19.7 Å². The van der Waals surface area contributed by atoms with E-state index in [-0.39, 0.29) is 12.1 Å². The standard InChI is InChI=1S/C19H27N5S/c1-14(2)23-10-8-15(13-23)18-17(16-7-5-6-9-20-16)21-19(25)24(18)12-11-22(3)4/h5-10,13-14,17-18H,11-12H2,1-4H3,(H,21,25)/t17-,18+/m0/s1. The highest BCUT2D eigenvalue weighted by molar-refractivity contribution is 7.80. The van der Waals surface area contributed by atoms with Crippen molar-refractivity contribution in [2.75, 3.05) is 27.2 Å². The van der Waals surface area contributed by atoms with Crippen molar-refractivity contribution in [3.63, 3.8) is 0 Å². The molecule has 1 fully saturated rings. The summed E-state index contributed by atoms with van der Waals surface area (Å²) >= 11 is 5.67. The molecule has 134 valence electrons. The van der Waals surface area contributed by atoms with Crippen LogP contribution in [-0.4, -0.2) is 51.6 Å². The Bertz CT molecular complexity index is 710. The first-order valence-electron chi connectivity index (χ1n) is 8.77. The molecular formula is C19H27N5S. The molecule has 1 aliphatic heterocycles. The highest BCUT2D eigenvalue weighted by atomic mass is 32.1. The molecule has 2 aromatic rings. The van der Waals surface area contributed by atoms with Crippen molar-refractivity contribution >= 4 is 17.3 Å². The summed E-state index contributed by atoms with van der Waals surface area (Å²) in [4.78, 5) is 9.06. The normalized spacial score (nSPS) is 20.6. The van der Waals surface area contributed by atoms with Gasteiger partial charge in [0.1, 0.15) is 0 Å². The lowest BCUT2D eigenvalue weighted by molar-refractivity contribution is 0.277. The maximum Gasteiger partial charge on any atom is 0.170 e. The Kier molecular flexibility index (Phi) is 5.39. The first-order valence-corrected chi connectivity index (χ1v) is 9.18. The Labute approximate surface area is 155 Å². The minimum atomic E-state index is 0.0684. The van der Waals surface area contributed by atoms with Crippen LogP contribution in [0.4, 0.5) is 0 Å². The molecule has 0 aliphatic carbocycles. The van der Waals surface area contributed by atoms with E-state index in [4.69, 9.17) is 12.2 Å². The summed E-state index contributed by atoms with van der Waals surface area (Å²) in [6.45, 7) is 6.24. The molecule has 0 saturated carbocycles. The molecule has 0 unspecified atom stereocenters. The van der Waals surface area contributed by atoms with Crippen molar-refractivity contribution in [1.29, 1.82) is 0 Å². The molecule has 0 bridgehead atoms. The van der Waals surface area contributed by atoms with Crippen molar-refractivity contribution in [2.24, 2.45) is 0 Å². The molecule has 1 saturated heterocycles. The smallest absolute Gasteiger partial charge is 0.170 e. The van der Waals surface area contributed by atoms with Gasteiger partial charge in [0.15, 0.2) is 5.11 Å². The molecule has 3 heterocycles. The van der Waals surface area contributed by atoms with Crippen molar-refractivity contribution in [2.45, 2.75) is 32.0 Å². The lowest BCUT2D eigenvalue weighted by Crippen LogP contribution is -2.35. The third-order valence-electron chi connectivity index (χ3n) is 4.66. The molecule has 0 spiro atoms. The van der Waals surface area contributed by atoms with Gasteiger partial charge in [0.2, 0.25) is 0 Å². The highest BCUT2D eigenvalue weighted by Gasteiger charge is 2.39. The average Bonchev–Trinajstić information content (AvgIpc) is 3.18. The number of nitrogens with one attached hydrogen (secondary N) is 1. The third kappa shape index (κ3) is 3.85. The van der Waals surface area contributed by atoms with E-state index in [1.807, 2.05) is 18.3 Å². The number of rotatable bonds is 6. The van der Waals surface area contributed by atoms with Gasteiger partial charge in [0.25, 0.3) is 0 Å². The summed E-state index contributed by atoms with van der Waals surface area (Å²) < 4.78 is 2.25. The average molecular weight is 358 g/mol. The van der Waals surface area contributed by atoms with E-state index >= 15 is 0 Å². The van der Waals surface area contributed by atoms with Crippen molar-refractivity contribution < 1.29 is 0 Å². The topological polar surface area (TPSA) is 36.3 Å². The van der Waals surface area contributed by atoms with Crippen molar-refractivity contribution in [3.8, 4) is 0 Å². The van der Waals surface area contributed by atoms with Gasteiger partial charge in [-0.25, -0.2) is 0 Å².